The van der Waals surface area contributed by atoms with Crippen LogP contribution in [0.1, 0.15) is 63.9 Å². The zero-order chi connectivity index (χ0) is 27.9. The van der Waals surface area contributed by atoms with E-state index in [-0.39, 0.29) is 17.1 Å². The minimum Gasteiger partial charge on any atom is -0.396 e. The van der Waals surface area contributed by atoms with E-state index in [0.717, 1.165) is 43.1 Å². The Balaban J connectivity index is 1.25. The van der Waals surface area contributed by atoms with Gasteiger partial charge in [0.05, 0.1) is 28.2 Å². The van der Waals surface area contributed by atoms with Gasteiger partial charge in [0, 0.05) is 54.6 Å². The Morgan fingerprint density at radius 1 is 0.854 bits per heavy atom. The van der Waals surface area contributed by atoms with Gasteiger partial charge in [0.15, 0.2) is 17.4 Å². The van der Waals surface area contributed by atoms with E-state index in [1.165, 1.54) is 32.1 Å². The second kappa shape index (κ2) is 10.4. The van der Waals surface area contributed by atoms with Crippen LogP contribution in [0.2, 0.25) is 0 Å². The summed E-state index contributed by atoms with van der Waals surface area (Å²) >= 11 is 0. The van der Waals surface area contributed by atoms with Gasteiger partial charge >= 0.3 is 0 Å². The molecule has 10 nitrogen and oxygen atoms in total. The number of tetrazole rings is 1. The summed E-state index contributed by atoms with van der Waals surface area (Å²) < 4.78 is 0. The lowest BCUT2D eigenvalue weighted by atomic mass is 9.81. The Morgan fingerprint density at radius 3 is 2.20 bits per heavy atom. The lowest BCUT2D eigenvalue weighted by Crippen LogP contribution is -2.51. The van der Waals surface area contributed by atoms with Gasteiger partial charge < -0.3 is 16.0 Å². The van der Waals surface area contributed by atoms with E-state index in [0.29, 0.717) is 39.9 Å². The van der Waals surface area contributed by atoms with Crippen LogP contribution in [0.5, 0.6) is 0 Å². The highest BCUT2D eigenvalue weighted by atomic mass is 16.1. The van der Waals surface area contributed by atoms with Crippen LogP contribution in [0.4, 0.5) is 22.7 Å². The number of hydrogen-bond donors (Lipinski definition) is 3. The molecule has 2 heterocycles. The number of carbonyl (C=O) groups excluding carboxylic acids is 2. The number of aromatic amines is 1. The topological polar surface area (TPSA) is 133 Å². The highest BCUT2D eigenvalue weighted by Gasteiger charge is 2.36. The monoisotopic (exact) mass is 548 g/mol. The smallest absolute Gasteiger partial charge is 0.196 e. The standard InChI is InChI=1S/C31H32N8O2/c32-28-25(39-16-14-38(15-17-39)21-6-2-1-3-7-21)18-24(33-20-12-10-19(11-13-20)31-34-36-37-35-31)26-27(28)30(41)23-9-5-4-8-22(23)29(26)40/h4-5,8-13,18,21,33H,1-3,6-7,14-17,32H2,(H,34,35,36,37). The van der Waals surface area contributed by atoms with Gasteiger partial charge in [-0.05, 0) is 53.6 Å². The number of anilines is 4. The molecule has 0 unspecified atom stereocenters. The lowest BCUT2D eigenvalue weighted by molar-refractivity contribution is 0.0980. The summed E-state index contributed by atoms with van der Waals surface area (Å²) in [7, 11) is 0. The molecule has 0 radical (unpaired) electrons. The lowest BCUT2D eigenvalue weighted by Gasteiger charge is -2.42. The molecule has 3 aliphatic rings. The Bertz CT molecular complexity index is 1600. The first-order valence-corrected chi connectivity index (χ1v) is 14.3. The number of hydrogen-bond acceptors (Lipinski definition) is 9. The van der Waals surface area contributed by atoms with E-state index in [4.69, 9.17) is 5.73 Å². The molecule has 4 aromatic rings. The van der Waals surface area contributed by atoms with E-state index < -0.39 is 0 Å². The van der Waals surface area contributed by atoms with Gasteiger partial charge in [-0.1, -0.05) is 43.5 Å². The molecule has 3 aromatic carbocycles. The van der Waals surface area contributed by atoms with Crippen molar-refractivity contribution in [1.29, 1.82) is 0 Å². The summed E-state index contributed by atoms with van der Waals surface area (Å²) in [5, 5.41) is 17.4. The summed E-state index contributed by atoms with van der Waals surface area (Å²) in [6, 6.07) is 17.2. The van der Waals surface area contributed by atoms with E-state index in [1.807, 2.05) is 30.3 Å². The third kappa shape index (κ3) is 4.54. The number of benzene rings is 3. The number of nitrogens with two attached hydrogens (primary N) is 1. The van der Waals surface area contributed by atoms with Crippen molar-refractivity contribution in [2.45, 2.75) is 38.1 Å². The third-order valence-corrected chi connectivity index (χ3v) is 8.74. The van der Waals surface area contributed by atoms with Crippen molar-refractivity contribution in [2.75, 3.05) is 42.1 Å². The molecule has 2 aliphatic carbocycles. The number of H-pyrrole nitrogens is 1. The van der Waals surface area contributed by atoms with Gasteiger partial charge in [0.25, 0.3) is 0 Å². The minimum absolute atomic E-state index is 0.206. The molecule has 1 saturated heterocycles. The first kappa shape index (κ1) is 25.4. The number of aromatic nitrogens is 4. The summed E-state index contributed by atoms with van der Waals surface area (Å²) in [5.74, 6) is 0.141. The van der Waals surface area contributed by atoms with Crippen LogP contribution in [0.15, 0.2) is 54.6 Å². The zero-order valence-electron chi connectivity index (χ0n) is 22.8. The third-order valence-electron chi connectivity index (χ3n) is 8.74. The molecule has 2 fully saturated rings. The maximum atomic E-state index is 13.8. The molecule has 0 atom stereocenters. The molecule has 0 bridgehead atoms. The van der Waals surface area contributed by atoms with E-state index in [9.17, 15) is 9.59 Å². The first-order chi connectivity index (χ1) is 20.1. The fourth-order valence-electron chi connectivity index (χ4n) is 6.59. The van der Waals surface area contributed by atoms with Crippen molar-refractivity contribution in [3.05, 3.63) is 76.9 Å². The van der Waals surface area contributed by atoms with Crippen molar-refractivity contribution in [3.8, 4) is 11.4 Å². The average Bonchev–Trinajstić information content (AvgIpc) is 3.57. The van der Waals surface area contributed by atoms with Gasteiger partial charge in [-0.3, -0.25) is 14.5 Å². The number of nitrogens with one attached hydrogen (secondary N) is 2. The van der Waals surface area contributed by atoms with E-state index >= 15 is 0 Å². The molecule has 0 spiro atoms. The normalized spacial score (nSPS) is 17.8. The largest absolute Gasteiger partial charge is 0.396 e. The minimum atomic E-state index is -0.216. The summed E-state index contributed by atoms with van der Waals surface area (Å²) in [4.78, 5) is 32.6. The number of fused-ring (bicyclic) bond motifs is 2. The van der Waals surface area contributed by atoms with Crippen LogP contribution in [-0.2, 0) is 0 Å². The molecule has 10 heteroatoms. The van der Waals surface area contributed by atoms with E-state index in [1.54, 1.807) is 24.3 Å². The number of nitrogen functional groups attached to an aromatic ring is 1. The Labute approximate surface area is 237 Å². The highest BCUT2D eigenvalue weighted by molar-refractivity contribution is 6.32. The summed E-state index contributed by atoms with van der Waals surface area (Å²) in [6.45, 7) is 3.55. The van der Waals surface area contributed by atoms with Gasteiger partial charge in [0.2, 0.25) is 0 Å². The van der Waals surface area contributed by atoms with E-state index in [2.05, 4.69) is 35.7 Å². The van der Waals surface area contributed by atoms with Crippen molar-refractivity contribution in [3.63, 3.8) is 0 Å². The van der Waals surface area contributed by atoms with Crippen LogP contribution < -0.4 is 16.0 Å². The molecule has 4 N–H and O–H groups in total. The average molecular weight is 549 g/mol. The predicted molar refractivity (Wildman–Crippen MR) is 158 cm³/mol. The molecule has 1 saturated carbocycles. The Morgan fingerprint density at radius 2 is 1.54 bits per heavy atom. The Hall–Kier alpha value is -4.57. The van der Waals surface area contributed by atoms with Crippen molar-refractivity contribution in [2.24, 2.45) is 0 Å². The van der Waals surface area contributed by atoms with Crippen LogP contribution in [0, 0.1) is 0 Å². The maximum absolute atomic E-state index is 13.8. The molecule has 208 valence electrons. The maximum Gasteiger partial charge on any atom is 0.196 e. The molecule has 41 heavy (non-hydrogen) atoms. The van der Waals surface area contributed by atoms with Crippen molar-refractivity contribution in [1.82, 2.24) is 25.5 Å². The van der Waals surface area contributed by atoms with Crippen LogP contribution >= 0.6 is 0 Å². The summed E-state index contributed by atoms with van der Waals surface area (Å²) in [5.41, 5.74) is 11.5. The van der Waals surface area contributed by atoms with Gasteiger partial charge in [-0.15, -0.1) is 5.10 Å². The zero-order valence-corrected chi connectivity index (χ0v) is 22.8. The molecule has 7 rings (SSSR count). The van der Waals surface area contributed by atoms with Crippen molar-refractivity contribution < 1.29 is 9.59 Å². The number of carbonyl (C=O) groups is 2. The predicted octanol–water partition coefficient (Wildman–Crippen LogP) is 4.42. The van der Waals surface area contributed by atoms with Gasteiger partial charge in [-0.2, -0.15) is 0 Å². The number of nitrogens with zero attached hydrogens (tertiary/aromatic N) is 5. The quantitative estimate of drug-likeness (QED) is 0.273. The SMILES string of the molecule is Nc1c(N2CCN(C3CCCCC3)CC2)cc(Nc2ccc(-c3nnn[nH]3)cc2)c2c1C(=O)c1ccccc1C2=O. The molecule has 0 amide bonds. The number of piperazine rings is 1. The highest BCUT2D eigenvalue weighted by Crippen LogP contribution is 2.42. The molecule has 1 aromatic heterocycles. The van der Waals surface area contributed by atoms with Crippen LogP contribution in [-0.4, -0.2) is 69.3 Å². The number of ketones is 2. The summed E-state index contributed by atoms with van der Waals surface area (Å²) in [6.07, 6.45) is 6.51. The van der Waals surface area contributed by atoms with Gasteiger partial charge in [0.1, 0.15) is 0 Å². The second-order valence-corrected chi connectivity index (χ2v) is 11.1. The molecular weight excluding hydrogens is 516 g/mol. The first-order valence-electron chi connectivity index (χ1n) is 14.3. The number of rotatable bonds is 5. The fraction of sp³-hybridized carbons (Fsp3) is 0.323. The fourth-order valence-corrected chi connectivity index (χ4v) is 6.59. The molecule has 1 aliphatic heterocycles. The molecular formula is C31H32N8O2. The van der Waals surface area contributed by atoms with Crippen LogP contribution in [0.3, 0.4) is 0 Å². The Kier molecular flexibility index (Phi) is 6.47. The van der Waals surface area contributed by atoms with Gasteiger partial charge in [-0.25, -0.2) is 5.10 Å². The second-order valence-electron chi connectivity index (χ2n) is 11.1. The van der Waals surface area contributed by atoms with Crippen LogP contribution in [0.25, 0.3) is 11.4 Å². The van der Waals surface area contributed by atoms with Crippen molar-refractivity contribution >= 4 is 34.3 Å².